The van der Waals surface area contributed by atoms with E-state index in [-0.39, 0.29) is 6.03 Å². The summed E-state index contributed by atoms with van der Waals surface area (Å²) in [6, 6.07) is 17.7. The molecule has 2 amide bonds. The summed E-state index contributed by atoms with van der Waals surface area (Å²) in [7, 11) is 5.08. The molecule has 0 heterocycles. The van der Waals surface area contributed by atoms with Gasteiger partial charge in [0.05, 0.1) is 12.6 Å². The van der Waals surface area contributed by atoms with Crippen LogP contribution >= 0.6 is 0 Å². The zero-order chi connectivity index (χ0) is 16.2. The Kier molecular flexibility index (Phi) is 4.71. The van der Waals surface area contributed by atoms with Crippen molar-refractivity contribution >= 4 is 6.03 Å². The fourth-order valence-corrected chi connectivity index (χ4v) is 2.60. The Bertz CT molecular complexity index is 625. The number of hydrogen-bond donors (Lipinski definition) is 1. The number of carbonyl (C=O) groups is 1. The lowest BCUT2D eigenvalue weighted by atomic mass is 9.83. The smallest absolute Gasteiger partial charge is 0.317 e. The molecule has 2 aromatic carbocycles. The maximum Gasteiger partial charge on any atom is 0.317 e. The molecule has 0 bridgehead atoms. The largest absolute Gasteiger partial charge is 0.497 e. The molecule has 0 fully saturated rings. The first kappa shape index (κ1) is 15.9. The van der Waals surface area contributed by atoms with Crippen molar-refractivity contribution < 1.29 is 9.53 Å². The van der Waals surface area contributed by atoms with Crippen LogP contribution in [-0.2, 0) is 5.54 Å². The van der Waals surface area contributed by atoms with Gasteiger partial charge in [-0.2, -0.15) is 0 Å². The van der Waals surface area contributed by atoms with Crippen LogP contribution in [0.4, 0.5) is 4.79 Å². The fourth-order valence-electron chi connectivity index (χ4n) is 2.60. The van der Waals surface area contributed by atoms with E-state index in [2.05, 4.69) is 5.32 Å². The van der Waals surface area contributed by atoms with Crippen LogP contribution in [0, 0.1) is 0 Å². The second-order valence-electron chi connectivity index (χ2n) is 5.28. The third-order valence-electron chi connectivity index (χ3n) is 4.18. The Morgan fingerprint density at radius 2 is 1.59 bits per heavy atom. The van der Waals surface area contributed by atoms with E-state index in [4.69, 9.17) is 4.74 Å². The maximum absolute atomic E-state index is 12.2. The molecule has 4 heteroatoms. The number of urea groups is 1. The SMILES string of the molecule is CNC(=O)N(C)[C@@](C)(c1ccccc1)c1ccc(OC)cc1. The zero-order valence-corrected chi connectivity index (χ0v) is 13.5. The van der Waals surface area contributed by atoms with Crippen LogP contribution in [0.5, 0.6) is 5.75 Å². The van der Waals surface area contributed by atoms with Crippen molar-refractivity contribution in [3.63, 3.8) is 0 Å². The monoisotopic (exact) mass is 298 g/mol. The molecule has 116 valence electrons. The van der Waals surface area contributed by atoms with Crippen LogP contribution in [0.15, 0.2) is 54.6 Å². The van der Waals surface area contributed by atoms with Gasteiger partial charge in [-0.3, -0.25) is 0 Å². The number of nitrogens with zero attached hydrogens (tertiary/aromatic N) is 1. The summed E-state index contributed by atoms with van der Waals surface area (Å²) in [5.74, 6) is 0.793. The van der Waals surface area contributed by atoms with E-state index in [1.807, 2.05) is 61.5 Å². The fraction of sp³-hybridized carbons (Fsp3) is 0.278. The Morgan fingerprint density at radius 1 is 1.05 bits per heavy atom. The van der Waals surface area contributed by atoms with Gasteiger partial charge in [-0.25, -0.2) is 4.79 Å². The van der Waals surface area contributed by atoms with Gasteiger partial charge in [0.2, 0.25) is 0 Å². The molecule has 0 aliphatic heterocycles. The van der Waals surface area contributed by atoms with E-state index >= 15 is 0 Å². The summed E-state index contributed by atoms with van der Waals surface area (Å²) in [5, 5.41) is 2.69. The van der Waals surface area contributed by atoms with Crippen LogP contribution in [0.25, 0.3) is 0 Å². The minimum atomic E-state index is -0.576. The molecular formula is C18H22N2O2. The van der Waals surface area contributed by atoms with E-state index in [1.165, 1.54) is 0 Å². The minimum absolute atomic E-state index is 0.137. The lowest BCUT2D eigenvalue weighted by molar-refractivity contribution is 0.168. The zero-order valence-electron chi connectivity index (χ0n) is 13.5. The van der Waals surface area contributed by atoms with Gasteiger partial charge in [0, 0.05) is 14.1 Å². The molecule has 0 saturated heterocycles. The second-order valence-corrected chi connectivity index (χ2v) is 5.28. The highest BCUT2D eigenvalue weighted by molar-refractivity contribution is 5.75. The number of ether oxygens (including phenoxy) is 1. The predicted molar refractivity (Wildman–Crippen MR) is 88.1 cm³/mol. The lowest BCUT2D eigenvalue weighted by Gasteiger charge is -2.39. The van der Waals surface area contributed by atoms with Crippen LogP contribution in [0.3, 0.4) is 0 Å². The average molecular weight is 298 g/mol. The van der Waals surface area contributed by atoms with Crippen molar-refractivity contribution in [2.45, 2.75) is 12.5 Å². The number of amides is 2. The molecule has 0 aliphatic carbocycles. The highest BCUT2D eigenvalue weighted by Crippen LogP contribution is 2.35. The number of methoxy groups -OCH3 is 1. The number of nitrogens with one attached hydrogen (secondary N) is 1. The Balaban J connectivity index is 2.56. The number of carbonyl (C=O) groups excluding carboxylic acids is 1. The standard InChI is InChI=1S/C18H22N2O2/c1-18(20(3)17(21)19-2,14-8-6-5-7-9-14)15-10-12-16(22-4)13-11-15/h5-13H,1-4H3,(H,19,21)/t18-/m0/s1. The molecule has 0 aromatic heterocycles. The Morgan fingerprint density at radius 3 is 2.09 bits per heavy atom. The average Bonchev–Trinajstić information content (AvgIpc) is 2.60. The van der Waals surface area contributed by atoms with E-state index < -0.39 is 5.54 Å². The van der Waals surface area contributed by atoms with Crippen molar-refractivity contribution in [1.82, 2.24) is 10.2 Å². The highest BCUT2D eigenvalue weighted by Gasteiger charge is 2.36. The van der Waals surface area contributed by atoms with Crippen LogP contribution in [-0.4, -0.2) is 32.1 Å². The molecule has 1 N–H and O–H groups in total. The first-order chi connectivity index (χ1) is 10.5. The molecule has 1 atom stereocenters. The minimum Gasteiger partial charge on any atom is -0.497 e. The van der Waals surface area contributed by atoms with Crippen molar-refractivity contribution in [1.29, 1.82) is 0 Å². The van der Waals surface area contributed by atoms with Crippen LogP contribution in [0.2, 0.25) is 0 Å². The number of benzene rings is 2. The Hall–Kier alpha value is -2.49. The van der Waals surface area contributed by atoms with E-state index in [0.717, 1.165) is 16.9 Å². The predicted octanol–water partition coefficient (Wildman–Crippen LogP) is 3.23. The second kappa shape index (κ2) is 6.52. The van der Waals surface area contributed by atoms with Gasteiger partial charge in [-0.1, -0.05) is 42.5 Å². The van der Waals surface area contributed by atoms with Gasteiger partial charge < -0.3 is 15.0 Å². The Labute approximate surface area is 131 Å². The summed E-state index contributed by atoms with van der Waals surface area (Å²) in [5.41, 5.74) is 1.49. The third kappa shape index (κ3) is 2.77. The molecule has 0 saturated carbocycles. The molecule has 0 spiro atoms. The number of hydrogen-bond acceptors (Lipinski definition) is 2. The summed E-state index contributed by atoms with van der Waals surface area (Å²) in [6.07, 6.45) is 0. The molecule has 4 nitrogen and oxygen atoms in total. The quantitative estimate of drug-likeness (QED) is 0.941. The van der Waals surface area contributed by atoms with Gasteiger partial charge in [0.25, 0.3) is 0 Å². The third-order valence-corrected chi connectivity index (χ3v) is 4.18. The van der Waals surface area contributed by atoms with Gasteiger partial charge in [-0.15, -0.1) is 0 Å². The van der Waals surface area contributed by atoms with E-state index in [9.17, 15) is 4.79 Å². The molecule has 0 aliphatic rings. The summed E-state index contributed by atoms with van der Waals surface area (Å²) < 4.78 is 5.22. The van der Waals surface area contributed by atoms with Gasteiger partial charge >= 0.3 is 6.03 Å². The van der Waals surface area contributed by atoms with Crippen molar-refractivity contribution in [2.24, 2.45) is 0 Å². The molecule has 2 aromatic rings. The summed E-state index contributed by atoms with van der Waals surface area (Å²) >= 11 is 0. The van der Waals surface area contributed by atoms with Crippen LogP contribution < -0.4 is 10.1 Å². The van der Waals surface area contributed by atoms with Gasteiger partial charge in [-0.05, 0) is 30.2 Å². The lowest BCUT2D eigenvalue weighted by Crippen LogP contribution is -2.49. The molecular weight excluding hydrogens is 276 g/mol. The topological polar surface area (TPSA) is 41.6 Å². The number of rotatable bonds is 4. The van der Waals surface area contributed by atoms with Crippen molar-refractivity contribution in [3.05, 3.63) is 65.7 Å². The summed E-state index contributed by atoms with van der Waals surface area (Å²) in [6.45, 7) is 2.04. The van der Waals surface area contributed by atoms with E-state index in [0.29, 0.717) is 0 Å². The molecule has 22 heavy (non-hydrogen) atoms. The molecule has 2 rings (SSSR count). The molecule has 0 unspecified atom stereocenters. The maximum atomic E-state index is 12.2. The summed E-state index contributed by atoms with van der Waals surface area (Å²) in [4.78, 5) is 13.9. The van der Waals surface area contributed by atoms with Crippen molar-refractivity contribution in [3.8, 4) is 5.75 Å². The van der Waals surface area contributed by atoms with Gasteiger partial charge in [0.15, 0.2) is 0 Å². The van der Waals surface area contributed by atoms with E-state index in [1.54, 1.807) is 26.1 Å². The normalized spacial score (nSPS) is 13.1. The highest BCUT2D eigenvalue weighted by atomic mass is 16.5. The van der Waals surface area contributed by atoms with Crippen molar-refractivity contribution in [2.75, 3.05) is 21.2 Å². The first-order valence-electron chi connectivity index (χ1n) is 7.19. The molecule has 0 radical (unpaired) electrons. The van der Waals surface area contributed by atoms with Crippen LogP contribution in [0.1, 0.15) is 18.1 Å². The first-order valence-corrected chi connectivity index (χ1v) is 7.19. The van der Waals surface area contributed by atoms with Gasteiger partial charge in [0.1, 0.15) is 5.75 Å².